The molecule has 5 heteroatoms. The average Bonchev–Trinajstić information content (AvgIpc) is 2.67. The van der Waals surface area contributed by atoms with E-state index in [-0.39, 0.29) is 0 Å². The molecule has 2 nitrogen and oxygen atoms in total. The quantitative estimate of drug-likeness (QED) is 0.737. The van der Waals surface area contributed by atoms with Crippen molar-refractivity contribution in [3.63, 3.8) is 0 Å². The van der Waals surface area contributed by atoms with E-state index in [9.17, 15) is 0 Å². The molecule has 2 aromatic rings. The molecule has 18 heavy (non-hydrogen) atoms. The molecule has 0 aliphatic rings. The fraction of sp³-hybridized carbons (Fsp3) is 0.308. The number of hydrogen-bond donors (Lipinski definition) is 0. The van der Waals surface area contributed by atoms with Crippen LogP contribution < -0.4 is 0 Å². The predicted molar refractivity (Wildman–Crippen MR) is 77.1 cm³/mol. The number of alkyl halides is 1. The SMILES string of the molecule is CCCc1nn(-c2ccc(Cl)cc2)c(Cl)c1CCl. The normalized spacial score (nSPS) is 10.9. The van der Waals surface area contributed by atoms with Crippen molar-refractivity contribution in [2.45, 2.75) is 25.6 Å². The molecule has 0 saturated carbocycles. The van der Waals surface area contributed by atoms with Crippen molar-refractivity contribution in [1.29, 1.82) is 0 Å². The predicted octanol–water partition coefficient (Wildman–Crippen LogP) is 4.87. The molecule has 0 saturated heterocycles. The van der Waals surface area contributed by atoms with Gasteiger partial charge in [0.2, 0.25) is 0 Å². The summed E-state index contributed by atoms with van der Waals surface area (Å²) in [7, 11) is 0. The molecule has 0 unspecified atom stereocenters. The number of rotatable bonds is 4. The van der Waals surface area contributed by atoms with E-state index in [1.807, 2.05) is 24.3 Å². The highest BCUT2D eigenvalue weighted by molar-refractivity contribution is 6.31. The van der Waals surface area contributed by atoms with Gasteiger partial charge in [0.25, 0.3) is 0 Å². The van der Waals surface area contributed by atoms with Crippen LogP contribution in [0.25, 0.3) is 5.69 Å². The first kappa shape index (κ1) is 13.7. The number of halogens is 3. The van der Waals surface area contributed by atoms with Gasteiger partial charge in [0, 0.05) is 10.6 Å². The first-order valence-electron chi connectivity index (χ1n) is 5.75. The van der Waals surface area contributed by atoms with Gasteiger partial charge in [-0.1, -0.05) is 36.5 Å². The van der Waals surface area contributed by atoms with Crippen molar-refractivity contribution in [3.05, 3.63) is 45.7 Å². The van der Waals surface area contributed by atoms with Gasteiger partial charge in [-0.05, 0) is 30.7 Å². The van der Waals surface area contributed by atoms with Crippen molar-refractivity contribution in [3.8, 4) is 5.69 Å². The summed E-state index contributed by atoms with van der Waals surface area (Å²) in [6.07, 6.45) is 1.89. The molecule has 0 atom stereocenters. The third-order valence-corrected chi connectivity index (χ3v) is 3.60. The van der Waals surface area contributed by atoms with E-state index in [1.165, 1.54) is 0 Å². The second kappa shape index (κ2) is 5.96. The lowest BCUT2D eigenvalue weighted by Crippen LogP contribution is -1.97. The lowest BCUT2D eigenvalue weighted by Gasteiger charge is -2.02. The van der Waals surface area contributed by atoms with E-state index >= 15 is 0 Å². The van der Waals surface area contributed by atoms with Crippen LogP contribution >= 0.6 is 34.8 Å². The Kier molecular flexibility index (Phi) is 4.55. The lowest BCUT2D eigenvalue weighted by atomic mass is 10.2. The Hall–Kier alpha value is -0.700. The number of aryl methyl sites for hydroxylation is 1. The van der Waals surface area contributed by atoms with Crippen LogP contribution in [0.3, 0.4) is 0 Å². The molecule has 2 rings (SSSR count). The minimum absolute atomic E-state index is 0.377. The molecule has 1 aromatic carbocycles. The second-order valence-electron chi connectivity index (χ2n) is 3.99. The molecule has 0 radical (unpaired) electrons. The Balaban J connectivity index is 2.47. The number of benzene rings is 1. The van der Waals surface area contributed by atoms with E-state index < -0.39 is 0 Å². The Morgan fingerprint density at radius 2 is 1.83 bits per heavy atom. The zero-order valence-electron chi connectivity index (χ0n) is 9.96. The summed E-state index contributed by atoms with van der Waals surface area (Å²) in [5.74, 6) is 0.377. The monoisotopic (exact) mass is 302 g/mol. The van der Waals surface area contributed by atoms with E-state index in [0.29, 0.717) is 16.1 Å². The molecule has 0 spiro atoms. The highest BCUT2D eigenvalue weighted by Gasteiger charge is 2.15. The summed E-state index contributed by atoms with van der Waals surface area (Å²) in [5, 5.41) is 5.80. The summed E-state index contributed by atoms with van der Waals surface area (Å²) in [6.45, 7) is 2.10. The van der Waals surface area contributed by atoms with Crippen LogP contribution in [0.5, 0.6) is 0 Å². The third-order valence-electron chi connectivity index (χ3n) is 2.70. The van der Waals surface area contributed by atoms with E-state index in [2.05, 4.69) is 12.0 Å². The maximum atomic E-state index is 6.32. The topological polar surface area (TPSA) is 17.8 Å². The standard InChI is InChI=1S/C13H13Cl3N2/c1-2-3-12-11(8-14)13(16)18(17-12)10-6-4-9(15)5-7-10/h4-7H,2-3,8H2,1H3. The largest absolute Gasteiger partial charge is 0.222 e. The highest BCUT2D eigenvalue weighted by atomic mass is 35.5. The minimum atomic E-state index is 0.377. The van der Waals surface area contributed by atoms with Crippen LogP contribution in [-0.4, -0.2) is 9.78 Å². The Bertz CT molecular complexity index is 532. The summed E-state index contributed by atoms with van der Waals surface area (Å²) in [5.41, 5.74) is 2.76. The van der Waals surface area contributed by atoms with Crippen LogP contribution in [0.1, 0.15) is 24.6 Å². The molecule has 0 aliphatic carbocycles. The fourth-order valence-electron chi connectivity index (χ4n) is 1.80. The van der Waals surface area contributed by atoms with Gasteiger partial charge in [-0.25, -0.2) is 4.68 Å². The van der Waals surface area contributed by atoms with Crippen molar-refractivity contribution in [2.75, 3.05) is 0 Å². The molecule has 96 valence electrons. The van der Waals surface area contributed by atoms with Crippen LogP contribution in [0.4, 0.5) is 0 Å². The van der Waals surface area contributed by atoms with E-state index in [0.717, 1.165) is 29.8 Å². The number of hydrogen-bond acceptors (Lipinski definition) is 1. The van der Waals surface area contributed by atoms with E-state index in [4.69, 9.17) is 34.8 Å². The van der Waals surface area contributed by atoms with Gasteiger partial charge in [0.1, 0.15) is 5.15 Å². The zero-order valence-corrected chi connectivity index (χ0v) is 12.2. The first-order valence-corrected chi connectivity index (χ1v) is 7.04. The van der Waals surface area contributed by atoms with Gasteiger partial charge in [-0.3, -0.25) is 0 Å². The zero-order chi connectivity index (χ0) is 13.1. The summed E-state index contributed by atoms with van der Waals surface area (Å²) >= 11 is 18.1. The first-order chi connectivity index (χ1) is 8.67. The van der Waals surface area contributed by atoms with Gasteiger partial charge in [0.05, 0.1) is 17.3 Å². The molecule has 1 aromatic heterocycles. The van der Waals surface area contributed by atoms with Gasteiger partial charge in [-0.2, -0.15) is 5.10 Å². The molecule has 0 fully saturated rings. The van der Waals surface area contributed by atoms with Crippen LogP contribution in [0.15, 0.2) is 24.3 Å². The van der Waals surface area contributed by atoms with Crippen molar-refractivity contribution >= 4 is 34.8 Å². The average molecular weight is 304 g/mol. The smallest absolute Gasteiger partial charge is 0.137 e. The summed E-state index contributed by atoms with van der Waals surface area (Å²) < 4.78 is 1.71. The molecular weight excluding hydrogens is 291 g/mol. The van der Waals surface area contributed by atoms with Crippen molar-refractivity contribution < 1.29 is 0 Å². The Labute approximate surface area is 121 Å². The second-order valence-corrected chi connectivity index (χ2v) is 5.05. The van der Waals surface area contributed by atoms with Crippen molar-refractivity contribution in [1.82, 2.24) is 9.78 Å². The number of nitrogens with zero attached hydrogens (tertiary/aromatic N) is 2. The van der Waals surface area contributed by atoms with Gasteiger partial charge < -0.3 is 0 Å². The van der Waals surface area contributed by atoms with Crippen molar-refractivity contribution in [2.24, 2.45) is 0 Å². The van der Waals surface area contributed by atoms with Crippen LogP contribution in [0, 0.1) is 0 Å². The Morgan fingerprint density at radius 3 is 2.39 bits per heavy atom. The molecule has 1 heterocycles. The Morgan fingerprint density at radius 1 is 1.17 bits per heavy atom. The lowest BCUT2D eigenvalue weighted by molar-refractivity contribution is 0.805. The van der Waals surface area contributed by atoms with E-state index in [1.54, 1.807) is 4.68 Å². The highest BCUT2D eigenvalue weighted by Crippen LogP contribution is 2.26. The third kappa shape index (κ3) is 2.66. The minimum Gasteiger partial charge on any atom is -0.222 e. The van der Waals surface area contributed by atoms with Crippen LogP contribution in [-0.2, 0) is 12.3 Å². The van der Waals surface area contributed by atoms with Crippen LogP contribution in [0.2, 0.25) is 10.2 Å². The maximum Gasteiger partial charge on any atom is 0.137 e. The fourth-order valence-corrected chi connectivity index (χ4v) is 2.58. The molecule has 0 N–H and O–H groups in total. The molecular formula is C13H13Cl3N2. The van der Waals surface area contributed by atoms with Gasteiger partial charge >= 0.3 is 0 Å². The van der Waals surface area contributed by atoms with Gasteiger partial charge in [-0.15, -0.1) is 11.6 Å². The van der Waals surface area contributed by atoms with Gasteiger partial charge in [0.15, 0.2) is 0 Å². The number of aromatic nitrogens is 2. The molecule has 0 amide bonds. The maximum absolute atomic E-state index is 6.32. The molecule has 0 bridgehead atoms. The summed E-state index contributed by atoms with van der Waals surface area (Å²) in [6, 6.07) is 7.40. The summed E-state index contributed by atoms with van der Waals surface area (Å²) in [4.78, 5) is 0. The molecule has 0 aliphatic heterocycles.